The lowest BCUT2D eigenvalue weighted by Crippen LogP contribution is -2.41. The van der Waals surface area contributed by atoms with Gasteiger partial charge in [-0.25, -0.2) is 13.1 Å². The Morgan fingerprint density at radius 1 is 1.08 bits per heavy atom. The van der Waals surface area contributed by atoms with Gasteiger partial charge in [-0.05, 0) is 66.8 Å². The van der Waals surface area contributed by atoms with Gasteiger partial charge in [0, 0.05) is 11.6 Å². The van der Waals surface area contributed by atoms with Crippen molar-refractivity contribution in [2.45, 2.75) is 35.9 Å². The van der Waals surface area contributed by atoms with Crippen molar-refractivity contribution in [2.75, 3.05) is 0 Å². The number of nitrogens with one attached hydrogen (secondary N) is 1. The van der Waals surface area contributed by atoms with E-state index in [1.807, 2.05) is 18.2 Å². The van der Waals surface area contributed by atoms with Crippen LogP contribution in [0.15, 0.2) is 34.5 Å². The molecule has 2 aliphatic carbocycles. The topological polar surface area (TPSA) is 63.2 Å². The maximum atomic E-state index is 12.7. The molecule has 2 aliphatic rings. The summed E-state index contributed by atoms with van der Waals surface area (Å²) in [6.45, 7) is 0. The molecular weight excluding hydrogens is 378 g/mol. The van der Waals surface area contributed by atoms with E-state index in [0.29, 0.717) is 15.8 Å². The van der Waals surface area contributed by atoms with Crippen LogP contribution in [0.1, 0.15) is 34.3 Å². The summed E-state index contributed by atoms with van der Waals surface area (Å²) in [5.41, 5.74) is 3.10. The van der Waals surface area contributed by atoms with E-state index in [0.717, 1.165) is 43.3 Å². The molecule has 4 rings (SSSR count). The highest BCUT2D eigenvalue weighted by Crippen LogP contribution is 2.41. The lowest BCUT2D eigenvalue weighted by atomic mass is 9.92. The Morgan fingerprint density at radius 3 is 2.44 bits per heavy atom. The summed E-state index contributed by atoms with van der Waals surface area (Å²) in [4.78, 5) is 11.0. The molecule has 0 radical (unpaired) electrons. The second-order valence-electron chi connectivity index (χ2n) is 6.86. The summed E-state index contributed by atoms with van der Waals surface area (Å²) < 4.78 is 29.1. The Balaban J connectivity index is 1.61. The smallest absolute Gasteiger partial charge is 0.250 e. The predicted molar refractivity (Wildman–Crippen MR) is 98.9 cm³/mol. The summed E-state index contributed by atoms with van der Waals surface area (Å²) in [5, 5.41) is 0. The highest BCUT2D eigenvalue weighted by Gasteiger charge is 2.41. The molecule has 3 unspecified atom stereocenters. The number of carbonyl (C=O) groups excluding carboxylic acids is 1. The molecule has 1 aromatic heterocycles. The molecule has 0 saturated heterocycles. The number of carbonyl (C=O) groups is 1. The zero-order valence-corrected chi connectivity index (χ0v) is 15.8. The summed E-state index contributed by atoms with van der Waals surface area (Å²) in [7, 11) is -3.55. The van der Waals surface area contributed by atoms with Gasteiger partial charge in [-0.1, -0.05) is 23.7 Å². The number of sulfonamides is 1. The number of benzene rings is 1. The standard InChI is InChI=1S/C18H18ClNO3S2/c19-16-5-6-17(24-16)25(22,23)20-18-13-3-4-14(18)9-15-7-11(10-21)1-2-12(15)8-13/h1-2,5-7,10,13-14,18,20H,3-4,8-9H2. The second-order valence-corrected chi connectivity index (χ2v) is 10.5. The monoisotopic (exact) mass is 395 g/mol. The quantitative estimate of drug-likeness (QED) is 0.803. The lowest BCUT2D eigenvalue weighted by molar-refractivity contribution is 0.112. The van der Waals surface area contributed by atoms with Gasteiger partial charge in [-0.3, -0.25) is 4.79 Å². The van der Waals surface area contributed by atoms with E-state index in [-0.39, 0.29) is 16.2 Å². The van der Waals surface area contributed by atoms with Gasteiger partial charge in [0.15, 0.2) is 0 Å². The number of thiophene rings is 1. The molecule has 1 aromatic carbocycles. The first kappa shape index (κ1) is 17.2. The van der Waals surface area contributed by atoms with Crippen LogP contribution in [-0.2, 0) is 22.9 Å². The molecule has 1 saturated carbocycles. The third-order valence-electron chi connectivity index (χ3n) is 5.36. The highest BCUT2D eigenvalue weighted by molar-refractivity contribution is 7.91. The minimum absolute atomic E-state index is 0.0713. The molecule has 4 nitrogen and oxygen atoms in total. The van der Waals surface area contributed by atoms with Crippen LogP contribution in [0, 0.1) is 11.8 Å². The molecule has 7 heteroatoms. The zero-order valence-electron chi connectivity index (χ0n) is 13.4. The third kappa shape index (κ3) is 3.28. The zero-order chi connectivity index (χ0) is 17.6. The SMILES string of the molecule is O=Cc1ccc2c(c1)CC1CCC(C2)C1NS(=O)(=O)c1ccc(Cl)s1. The maximum absolute atomic E-state index is 12.7. The Morgan fingerprint density at radius 2 is 1.80 bits per heavy atom. The van der Waals surface area contributed by atoms with Crippen LogP contribution < -0.4 is 4.72 Å². The molecular formula is C18H18ClNO3S2. The normalized spacial score (nSPS) is 25.4. The Kier molecular flexibility index (Phi) is 4.48. The van der Waals surface area contributed by atoms with Crippen LogP contribution in [0.5, 0.6) is 0 Å². The van der Waals surface area contributed by atoms with Crippen LogP contribution in [-0.4, -0.2) is 20.7 Å². The number of hydrogen-bond donors (Lipinski definition) is 1. The summed E-state index contributed by atoms with van der Waals surface area (Å²) in [5.74, 6) is 0.553. The van der Waals surface area contributed by atoms with Crippen molar-refractivity contribution in [3.8, 4) is 0 Å². The summed E-state index contributed by atoms with van der Waals surface area (Å²) in [6.07, 6.45) is 4.56. The molecule has 0 aliphatic heterocycles. The van der Waals surface area contributed by atoms with Crippen molar-refractivity contribution >= 4 is 39.2 Å². The van der Waals surface area contributed by atoms with E-state index >= 15 is 0 Å². The molecule has 132 valence electrons. The lowest BCUT2D eigenvalue weighted by Gasteiger charge is -2.23. The molecule has 0 amide bonds. The van der Waals surface area contributed by atoms with Gasteiger partial charge in [-0.2, -0.15) is 0 Å². The van der Waals surface area contributed by atoms with Crippen LogP contribution in [0.4, 0.5) is 0 Å². The van der Waals surface area contributed by atoms with Gasteiger partial charge in [0.2, 0.25) is 10.0 Å². The molecule has 0 spiro atoms. The second kappa shape index (κ2) is 6.50. The fourth-order valence-corrected chi connectivity index (χ4v) is 7.05. The van der Waals surface area contributed by atoms with Crippen molar-refractivity contribution in [2.24, 2.45) is 11.8 Å². The van der Waals surface area contributed by atoms with E-state index in [9.17, 15) is 13.2 Å². The number of halogens is 1. The average molecular weight is 396 g/mol. The Bertz CT molecular complexity index is 922. The third-order valence-corrected chi connectivity index (χ3v) is 8.54. The number of fused-ring (bicyclic) bond motifs is 3. The fraction of sp³-hybridized carbons (Fsp3) is 0.389. The van der Waals surface area contributed by atoms with Gasteiger partial charge < -0.3 is 0 Å². The van der Waals surface area contributed by atoms with E-state index < -0.39 is 10.0 Å². The molecule has 1 fully saturated rings. The van der Waals surface area contributed by atoms with Gasteiger partial charge in [0.1, 0.15) is 10.5 Å². The predicted octanol–water partition coefficient (Wildman–Crippen LogP) is 3.69. The van der Waals surface area contributed by atoms with Gasteiger partial charge in [0.05, 0.1) is 4.34 Å². The van der Waals surface area contributed by atoms with Gasteiger partial charge in [-0.15, -0.1) is 11.3 Å². The van der Waals surface area contributed by atoms with Gasteiger partial charge in [0.25, 0.3) is 0 Å². The summed E-state index contributed by atoms with van der Waals surface area (Å²) >= 11 is 6.97. The van der Waals surface area contributed by atoms with E-state index in [2.05, 4.69) is 4.72 Å². The first-order valence-electron chi connectivity index (χ1n) is 8.31. The van der Waals surface area contributed by atoms with Crippen LogP contribution >= 0.6 is 22.9 Å². The van der Waals surface area contributed by atoms with Crippen molar-refractivity contribution in [1.29, 1.82) is 0 Å². The maximum Gasteiger partial charge on any atom is 0.250 e. The fourth-order valence-electron chi connectivity index (χ4n) is 4.18. The van der Waals surface area contributed by atoms with Crippen LogP contribution in [0.25, 0.3) is 0 Å². The minimum atomic E-state index is -3.55. The number of hydrogen-bond acceptors (Lipinski definition) is 4. The number of rotatable bonds is 4. The Labute approximate surface area is 156 Å². The molecule has 1 heterocycles. The first-order valence-corrected chi connectivity index (χ1v) is 11.0. The largest absolute Gasteiger partial charge is 0.298 e. The van der Waals surface area contributed by atoms with E-state index in [4.69, 9.17) is 11.6 Å². The van der Waals surface area contributed by atoms with E-state index in [1.54, 1.807) is 12.1 Å². The number of aldehydes is 1. The molecule has 2 bridgehead atoms. The highest BCUT2D eigenvalue weighted by atomic mass is 35.5. The van der Waals surface area contributed by atoms with Crippen LogP contribution in [0.2, 0.25) is 4.34 Å². The molecule has 3 atom stereocenters. The summed E-state index contributed by atoms with van der Waals surface area (Å²) in [6, 6.07) is 8.91. The Hall–Kier alpha value is -1.21. The van der Waals surface area contributed by atoms with Crippen molar-refractivity contribution in [1.82, 2.24) is 4.72 Å². The average Bonchev–Trinajstić information content (AvgIpc) is 3.12. The van der Waals surface area contributed by atoms with E-state index in [1.165, 1.54) is 11.1 Å². The molecule has 2 aromatic rings. The van der Waals surface area contributed by atoms with Crippen LogP contribution in [0.3, 0.4) is 0 Å². The molecule has 1 N–H and O–H groups in total. The van der Waals surface area contributed by atoms with Crippen molar-refractivity contribution in [3.05, 3.63) is 51.4 Å². The van der Waals surface area contributed by atoms with Gasteiger partial charge >= 0.3 is 0 Å². The van der Waals surface area contributed by atoms with Crippen molar-refractivity contribution < 1.29 is 13.2 Å². The first-order chi connectivity index (χ1) is 12.0. The minimum Gasteiger partial charge on any atom is -0.298 e. The molecule has 25 heavy (non-hydrogen) atoms. The van der Waals surface area contributed by atoms with Crippen molar-refractivity contribution in [3.63, 3.8) is 0 Å².